The molecule has 2 aliphatic heterocycles. The molecule has 1 fully saturated rings. The highest BCUT2D eigenvalue weighted by Crippen LogP contribution is 2.29. The largest absolute Gasteiger partial charge is 0.496 e. The summed E-state index contributed by atoms with van der Waals surface area (Å²) in [7, 11) is 1.46. The predicted molar refractivity (Wildman–Crippen MR) is 143 cm³/mol. The Kier molecular flexibility index (Phi) is 6.57. The molecule has 2 heterocycles. The zero-order valence-electron chi connectivity index (χ0n) is 21.6. The molecule has 1 saturated heterocycles. The molecule has 0 aliphatic carbocycles. The number of benzene rings is 3. The van der Waals surface area contributed by atoms with E-state index >= 15 is 0 Å². The van der Waals surface area contributed by atoms with Crippen LogP contribution in [0.2, 0.25) is 0 Å². The molecule has 9 heteroatoms. The van der Waals surface area contributed by atoms with E-state index < -0.39 is 29.7 Å². The van der Waals surface area contributed by atoms with Crippen LogP contribution in [0.25, 0.3) is 6.08 Å². The fourth-order valence-electron chi connectivity index (χ4n) is 4.63. The molecular weight excluding hydrogens is 498 g/mol. The van der Waals surface area contributed by atoms with Gasteiger partial charge in [-0.25, -0.2) is 9.69 Å². The SMILES string of the molecule is COc1ccc(C=C2C(=O)NC(=O)N(c3ccc(C(C)C)cc3)C2=O)cc1CN1C(=O)c2ccccc2C1=O. The lowest BCUT2D eigenvalue weighted by Crippen LogP contribution is -2.54. The summed E-state index contributed by atoms with van der Waals surface area (Å²) in [6.07, 6.45) is 1.37. The summed E-state index contributed by atoms with van der Waals surface area (Å²) >= 11 is 0. The standard InChI is InChI=1S/C30H25N3O6/c1-17(2)19-9-11-21(12-10-19)33-29(37)24(26(34)31-30(33)38)15-18-8-13-25(39-3)20(14-18)16-32-27(35)22-6-4-5-7-23(22)28(32)36/h4-15,17H,16H2,1-3H3,(H,31,34,38). The van der Waals surface area contributed by atoms with Gasteiger partial charge >= 0.3 is 6.03 Å². The van der Waals surface area contributed by atoms with E-state index in [1.807, 2.05) is 26.0 Å². The first-order chi connectivity index (χ1) is 18.7. The molecule has 0 spiro atoms. The number of carbonyl (C=O) groups is 5. The minimum absolute atomic E-state index is 0.0700. The molecular formula is C30H25N3O6. The number of hydrogen-bond donors (Lipinski definition) is 1. The van der Waals surface area contributed by atoms with Gasteiger partial charge in [0.25, 0.3) is 23.6 Å². The molecule has 2 aliphatic rings. The van der Waals surface area contributed by atoms with Crippen LogP contribution in [0.5, 0.6) is 5.75 Å². The number of anilines is 1. The summed E-state index contributed by atoms with van der Waals surface area (Å²) in [5.74, 6) is -1.72. The van der Waals surface area contributed by atoms with Gasteiger partial charge in [0, 0.05) is 5.56 Å². The summed E-state index contributed by atoms with van der Waals surface area (Å²) in [4.78, 5) is 66.4. The third-order valence-corrected chi connectivity index (χ3v) is 6.74. The van der Waals surface area contributed by atoms with E-state index in [1.165, 1.54) is 13.2 Å². The van der Waals surface area contributed by atoms with Gasteiger partial charge in [0.1, 0.15) is 11.3 Å². The van der Waals surface area contributed by atoms with E-state index in [4.69, 9.17) is 4.74 Å². The lowest BCUT2D eigenvalue weighted by Gasteiger charge is -2.26. The number of fused-ring (bicyclic) bond motifs is 1. The molecule has 3 aromatic carbocycles. The second-order valence-corrected chi connectivity index (χ2v) is 9.52. The van der Waals surface area contributed by atoms with E-state index in [0.29, 0.717) is 33.7 Å². The Hall–Kier alpha value is -5.05. The third-order valence-electron chi connectivity index (χ3n) is 6.74. The maximum Gasteiger partial charge on any atom is 0.335 e. The minimum Gasteiger partial charge on any atom is -0.496 e. The normalized spacial score (nSPS) is 16.3. The van der Waals surface area contributed by atoms with Gasteiger partial charge in [0.15, 0.2) is 0 Å². The Balaban J connectivity index is 1.46. The van der Waals surface area contributed by atoms with Crippen molar-refractivity contribution in [1.82, 2.24) is 10.2 Å². The third kappa shape index (κ3) is 4.59. The summed E-state index contributed by atoms with van der Waals surface area (Å²) in [5, 5.41) is 2.22. The monoisotopic (exact) mass is 523 g/mol. The van der Waals surface area contributed by atoms with Crippen molar-refractivity contribution in [2.75, 3.05) is 12.0 Å². The highest BCUT2D eigenvalue weighted by atomic mass is 16.5. The molecule has 0 radical (unpaired) electrons. The molecule has 0 unspecified atom stereocenters. The first-order valence-electron chi connectivity index (χ1n) is 12.3. The maximum atomic E-state index is 13.3. The Morgan fingerprint density at radius 1 is 0.846 bits per heavy atom. The van der Waals surface area contributed by atoms with Crippen molar-refractivity contribution in [3.05, 3.63) is 100 Å². The molecule has 0 bridgehead atoms. The van der Waals surface area contributed by atoms with Gasteiger partial charge in [-0.1, -0.05) is 44.2 Å². The molecule has 196 valence electrons. The van der Waals surface area contributed by atoms with Crippen molar-refractivity contribution in [1.29, 1.82) is 0 Å². The molecule has 0 atom stereocenters. The van der Waals surface area contributed by atoms with Gasteiger partial charge in [-0.3, -0.25) is 29.4 Å². The summed E-state index contributed by atoms with van der Waals surface area (Å²) in [6, 6.07) is 17.6. The van der Waals surface area contributed by atoms with Crippen LogP contribution in [0.4, 0.5) is 10.5 Å². The van der Waals surface area contributed by atoms with Crippen molar-refractivity contribution in [2.45, 2.75) is 26.3 Å². The Labute approximate surface area is 224 Å². The van der Waals surface area contributed by atoms with E-state index in [0.717, 1.165) is 15.4 Å². The number of rotatable bonds is 6. The van der Waals surface area contributed by atoms with Crippen molar-refractivity contribution in [2.24, 2.45) is 0 Å². The molecule has 0 aromatic heterocycles. The molecule has 6 amide bonds. The molecule has 39 heavy (non-hydrogen) atoms. The van der Waals surface area contributed by atoms with Gasteiger partial charge in [0.05, 0.1) is 30.5 Å². The summed E-state index contributed by atoms with van der Waals surface area (Å²) < 4.78 is 5.44. The van der Waals surface area contributed by atoms with Crippen LogP contribution < -0.4 is 15.0 Å². The smallest absolute Gasteiger partial charge is 0.335 e. The Morgan fingerprint density at radius 3 is 2.08 bits per heavy atom. The maximum absolute atomic E-state index is 13.3. The van der Waals surface area contributed by atoms with Crippen molar-refractivity contribution >= 4 is 41.4 Å². The first kappa shape index (κ1) is 25.6. The predicted octanol–water partition coefficient (Wildman–Crippen LogP) is 4.28. The molecule has 5 rings (SSSR count). The van der Waals surface area contributed by atoms with Gasteiger partial charge in [-0.05, 0) is 59.5 Å². The van der Waals surface area contributed by atoms with Crippen LogP contribution in [0.15, 0.2) is 72.3 Å². The van der Waals surface area contributed by atoms with Crippen LogP contribution in [-0.4, -0.2) is 41.7 Å². The summed E-state index contributed by atoms with van der Waals surface area (Å²) in [6.45, 7) is 4.00. The topological polar surface area (TPSA) is 113 Å². The number of barbiturate groups is 1. The fraction of sp³-hybridized carbons (Fsp3) is 0.167. The average Bonchev–Trinajstić information content (AvgIpc) is 3.16. The van der Waals surface area contributed by atoms with Crippen molar-refractivity contribution in [3.63, 3.8) is 0 Å². The van der Waals surface area contributed by atoms with Gasteiger partial charge in [-0.2, -0.15) is 0 Å². The number of urea groups is 1. The highest BCUT2D eigenvalue weighted by Gasteiger charge is 2.37. The van der Waals surface area contributed by atoms with Gasteiger partial charge in [-0.15, -0.1) is 0 Å². The molecule has 1 N–H and O–H groups in total. The number of ether oxygens (including phenoxy) is 1. The highest BCUT2D eigenvalue weighted by molar-refractivity contribution is 6.39. The number of imide groups is 3. The minimum atomic E-state index is -0.833. The lowest BCUT2D eigenvalue weighted by atomic mass is 10.0. The first-order valence-corrected chi connectivity index (χ1v) is 12.3. The van der Waals surface area contributed by atoms with Crippen molar-refractivity contribution in [3.8, 4) is 5.75 Å². The fourth-order valence-corrected chi connectivity index (χ4v) is 4.63. The number of amides is 6. The van der Waals surface area contributed by atoms with Crippen LogP contribution >= 0.6 is 0 Å². The molecule has 9 nitrogen and oxygen atoms in total. The van der Waals surface area contributed by atoms with Crippen LogP contribution in [0.3, 0.4) is 0 Å². The Bertz CT molecular complexity index is 1540. The lowest BCUT2D eigenvalue weighted by molar-refractivity contribution is -0.122. The number of methoxy groups -OCH3 is 1. The van der Waals surface area contributed by atoms with Crippen LogP contribution in [0.1, 0.15) is 57.2 Å². The number of carbonyl (C=O) groups excluding carboxylic acids is 5. The number of nitrogens with zero attached hydrogens (tertiary/aromatic N) is 2. The van der Waals surface area contributed by atoms with Crippen LogP contribution in [0, 0.1) is 0 Å². The second kappa shape index (κ2) is 10.0. The van der Waals surface area contributed by atoms with Gasteiger partial charge in [0.2, 0.25) is 0 Å². The quantitative estimate of drug-likeness (QED) is 0.293. The number of nitrogens with one attached hydrogen (secondary N) is 1. The van der Waals surface area contributed by atoms with E-state index in [1.54, 1.807) is 54.6 Å². The average molecular weight is 524 g/mol. The zero-order valence-corrected chi connectivity index (χ0v) is 21.6. The number of hydrogen-bond acceptors (Lipinski definition) is 6. The molecule has 3 aromatic rings. The van der Waals surface area contributed by atoms with E-state index in [9.17, 15) is 24.0 Å². The van der Waals surface area contributed by atoms with E-state index in [2.05, 4.69) is 5.32 Å². The zero-order chi connectivity index (χ0) is 27.8. The van der Waals surface area contributed by atoms with E-state index in [-0.39, 0.29) is 18.0 Å². The van der Waals surface area contributed by atoms with Gasteiger partial charge < -0.3 is 4.74 Å². The molecule has 0 saturated carbocycles. The van der Waals surface area contributed by atoms with Crippen LogP contribution in [-0.2, 0) is 16.1 Å². The Morgan fingerprint density at radius 2 is 1.49 bits per heavy atom. The van der Waals surface area contributed by atoms with Crippen molar-refractivity contribution < 1.29 is 28.7 Å². The summed E-state index contributed by atoms with van der Waals surface area (Å²) in [5.41, 5.74) is 2.75. The second-order valence-electron chi connectivity index (χ2n) is 9.52.